The molecule has 0 saturated carbocycles. The smallest absolute Gasteiger partial charge is 0.315 e. The molecule has 13 heteroatoms. The van der Waals surface area contributed by atoms with E-state index < -0.39 is 70.8 Å². The zero-order chi connectivity index (χ0) is 39.1. The predicted octanol–water partition coefficient (Wildman–Crippen LogP) is 3.22. The summed E-state index contributed by atoms with van der Waals surface area (Å²) in [5, 5.41) is 22.2. The molecule has 1 saturated heterocycles. The van der Waals surface area contributed by atoms with E-state index in [0.717, 1.165) is 5.56 Å². The maximum atomic E-state index is 14.5. The Labute approximate surface area is 308 Å². The maximum absolute atomic E-state index is 14.5. The van der Waals surface area contributed by atoms with E-state index in [4.69, 9.17) is 0 Å². The Kier molecular flexibility index (Phi) is 14.2. The molecule has 6 amide bonds. The second kappa shape index (κ2) is 17.5. The van der Waals surface area contributed by atoms with Gasteiger partial charge in [0.25, 0.3) is 5.91 Å². The Morgan fingerprint density at radius 2 is 1.65 bits per heavy atom. The summed E-state index contributed by atoms with van der Waals surface area (Å²) >= 11 is 0. The molecule has 6 atom stereocenters. The van der Waals surface area contributed by atoms with Gasteiger partial charge in [-0.25, -0.2) is 4.79 Å². The molecule has 13 nitrogen and oxygen atoms in total. The van der Waals surface area contributed by atoms with Crippen LogP contribution in [0.2, 0.25) is 0 Å². The Balaban J connectivity index is 1.84. The number of hydrogen-bond acceptors (Lipinski definition) is 7. The molecule has 0 aromatic heterocycles. The molecule has 2 aliphatic heterocycles. The SMILES string of the molecule is C=CCNC(=O)C(=O)C(CCC)NC(=O)[C@@H]1[C@@H](C(C)C)CCN1C(=O)[C@@H](NC(=O)N[C@H](CN1C(=O)Cc2ccccc2C1O)C(C)(C)C)C(C)(C)C. The first kappa shape index (κ1) is 42.2. The van der Waals surface area contributed by atoms with E-state index in [2.05, 4.69) is 27.8 Å². The molecule has 0 spiro atoms. The summed E-state index contributed by atoms with van der Waals surface area (Å²) in [6.07, 6.45) is 1.73. The number of Topliss-reactive ketones (excluding diaryl/α,β-unsaturated/α-hetero) is 1. The minimum absolute atomic E-state index is 0.0152. The lowest BCUT2D eigenvalue weighted by molar-refractivity contribution is -0.144. The van der Waals surface area contributed by atoms with Crippen LogP contribution in [0.3, 0.4) is 0 Å². The van der Waals surface area contributed by atoms with Gasteiger partial charge in [-0.2, -0.15) is 0 Å². The molecule has 5 N–H and O–H groups in total. The van der Waals surface area contributed by atoms with Gasteiger partial charge in [0.05, 0.1) is 18.5 Å². The molecule has 2 aliphatic rings. The van der Waals surface area contributed by atoms with Gasteiger partial charge in [0.1, 0.15) is 12.1 Å². The number of rotatable bonds is 14. The third-order valence-corrected chi connectivity index (χ3v) is 10.1. The van der Waals surface area contributed by atoms with Crippen LogP contribution in [-0.4, -0.2) is 94.2 Å². The van der Waals surface area contributed by atoms with Crippen molar-refractivity contribution >= 4 is 35.4 Å². The fourth-order valence-electron chi connectivity index (χ4n) is 6.92. The van der Waals surface area contributed by atoms with E-state index in [1.807, 2.05) is 74.4 Å². The zero-order valence-electron chi connectivity index (χ0n) is 32.4. The van der Waals surface area contributed by atoms with Crippen molar-refractivity contribution in [3.63, 3.8) is 0 Å². The molecule has 0 radical (unpaired) electrons. The summed E-state index contributed by atoms with van der Waals surface area (Å²) in [7, 11) is 0. The minimum Gasteiger partial charge on any atom is -0.369 e. The first-order chi connectivity index (χ1) is 24.2. The quantitative estimate of drug-likeness (QED) is 0.145. The van der Waals surface area contributed by atoms with Crippen LogP contribution in [0.25, 0.3) is 0 Å². The highest BCUT2D eigenvalue weighted by Gasteiger charge is 2.48. The Hall–Kier alpha value is -4.26. The van der Waals surface area contributed by atoms with Gasteiger partial charge in [0.2, 0.25) is 23.5 Å². The summed E-state index contributed by atoms with van der Waals surface area (Å²) in [5.74, 6) is -3.03. The van der Waals surface area contributed by atoms with Crippen LogP contribution in [0.4, 0.5) is 4.79 Å². The molecule has 2 heterocycles. The van der Waals surface area contributed by atoms with Gasteiger partial charge in [-0.15, -0.1) is 6.58 Å². The van der Waals surface area contributed by atoms with Crippen molar-refractivity contribution in [1.82, 2.24) is 31.1 Å². The average molecular weight is 725 g/mol. The van der Waals surface area contributed by atoms with Gasteiger partial charge in [-0.1, -0.05) is 99.1 Å². The number of urea groups is 1. The van der Waals surface area contributed by atoms with Crippen molar-refractivity contribution in [2.45, 2.75) is 118 Å². The lowest BCUT2D eigenvalue weighted by Crippen LogP contribution is -2.62. The first-order valence-corrected chi connectivity index (χ1v) is 18.4. The number of fused-ring (bicyclic) bond motifs is 1. The fraction of sp³-hybridized carbons (Fsp3) is 0.641. The largest absolute Gasteiger partial charge is 0.369 e. The lowest BCUT2D eigenvalue weighted by atomic mass is 9.84. The minimum atomic E-state index is -1.17. The molecule has 2 unspecified atom stereocenters. The lowest BCUT2D eigenvalue weighted by Gasteiger charge is -2.41. The molecule has 0 bridgehead atoms. The van der Waals surface area contributed by atoms with Crippen molar-refractivity contribution in [3.05, 3.63) is 48.0 Å². The van der Waals surface area contributed by atoms with E-state index >= 15 is 0 Å². The van der Waals surface area contributed by atoms with Crippen molar-refractivity contribution in [2.24, 2.45) is 22.7 Å². The van der Waals surface area contributed by atoms with Gasteiger partial charge in [-0.05, 0) is 41.1 Å². The van der Waals surface area contributed by atoms with Gasteiger partial charge < -0.3 is 36.2 Å². The van der Waals surface area contributed by atoms with Gasteiger partial charge in [0.15, 0.2) is 6.23 Å². The molecule has 1 fully saturated rings. The summed E-state index contributed by atoms with van der Waals surface area (Å²) < 4.78 is 0. The molecule has 3 rings (SSSR count). The Bertz CT molecular complexity index is 1500. The number of amides is 6. The molecule has 0 aliphatic carbocycles. The van der Waals surface area contributed by atoms with Gasteiger partial charge in [0, 0.05) is 25.2 Å². The van der Waals surface area contributed by atoms with Crippen LogP contribution in [0.15, 0.2) is 36.9 Å². The summed E-state index contributed by atoms with van der Waals surface area (Å²) in [6, 6.07) is 2.93. The molecule has 1 aromatic carbocycles. The Morgan fingerprint density at radius 1 is 1.00 bits per heavy atom. The molecule has 52 heavy (non-hydrogen) atoms. The van der Waals surface area contributed by atoms with Crippen molar-refractivity contribution < 1.29 is 33.9 Å². The number of hydrogen-bond donors (Lipinski definition) is 5. The molecular weight excluding hydrogens is 664 g/mol. The summed E-state index contributed by atoms with van der Waals surface area (Å²) in [4.78, 5) is 83.8. The van der Waals surface area contributed by atoms with Crippen LogP contribution in [0.1, 0.15) is 98.9 Å². The van der Waals surface area contributed by atoms with Gasteiger partial charge in [-0.3, -0.25) is 24.0 Å². The Morgan fingerprint density at radius 3 is 2.23 bits per heavy atom. The number of aliphatic hydroxyl groups is 1. The maximum Gasteiger partial charge on any atom is 0.315 e. The number of benzene rings is 1. The molecule has 288 valence electrons. The first-order valence-electron chi connectivity index (χ1n) is 18.4. The number of nitrogens with one attached hydrogen (secondary N) is 4. The van der Waals surface area contributed by atoms with E-state index in [-0.39, 0.29) is 50.2 Å². The third kappa shape index (κ3) is 10.2. The van der Waals surface area contributed by atoms with Crippen LogP contribution >= 0.6 is 0 Å². The third-order valence-electron chi connectivity index (χ3n) is 10.1. The highest BCUT2D eigenvalue weighted by molar-refractivity contribution is 6.38. The van der Waals surface area contributed by atoms with E-state index in [0.29, 0.717) is 18.4 Å². The van der Waals surface area contributed by atoms with Crippen molar-refractivity contribution in [1.29, 1.82) is 0 Å². The highest BCUT2D eigenvalue weighted by atomic mass is 16.3. The van der Waals surface area contributed by atoms with Crippen molar-refractivity contribution in [3.8, 4) is 0 Å². The van der Waals surface area contributed by atoms with Crippen LogP contribution in [0.5, 0.6) is 0 Å². The van der Waals surface area contributed by atoms with Crippen molar-refractivity contribution in [2.75, 3.05) is 19.6 Å². The number of carbonyl (C=O) groups excluding carboxylic acids is 6. The zero-order valence-corrected chi connectivity index (χ0v) is 32.4. The van der Waals surface area contributed by atoms with E-state index in [9.17, 15) is 33.9 Å². The highest BCUT2D eigenvalue weighted by Crippen LogP contribution is 2.34. The summed E-state index contributed by atoms with van der Waals surface area (Å²) in [6.45, 7) is 20.9. The average Bonchev–Trinajstić information content (AvgIpc) is 3.51. The van der Waals surface area contributed by atoms with Crippen LogP contribution in [-0.2, 0) is 30.4 Å². The second-order valence-electron chi connectivity index (χ2n) is 16.5. The molecular formula is C39H60N6O7. The van der Waals surface area contributed by atoms with E-state index in [1.54, 1.807) is 12.1 Å². The predicted molar refractivity (Wildman–Crippen MR) is 198 cm³/mol. The summed E-state index contributed by atoms with van der Waals surface area (Å²) in [5.41, 5.74) is 0.0708. The van der Waals surface area contributed by atoms with Crippen LogP contribution in [0, 0.1) is 22.7 Å². The normalized spacial score (nSPS) is 20.8. The second-order valence-corrected chi connectivity index (χ2v) is 16.5. The number of aliphatic hydroxyl groups excluding tert-OH is 1. The topological polar surface area (TPSA) is 177 Å². The van der Waals surface area contributed by atoms with Gasteiger partial charge >= 0.3 is 6.03 Å². The monoisotopic (exact) mass is 724 g/mol. The number of carbonyl (C=O) groups is 6. The number of nitrogens with zero attached hydrogens (tertiary/aromatic N) is 2. The standard InChI is InChI=1S/C39H60N6O7/c1-11-15-27(31(47)34(49)40-19-12-2)41-33(48)30-25(23(3)4)18-20-44(30)36(51)32(39(8,9)10)43-37(52)42-28(38(5,6)7)22-45-29(46)21-24-16-13-14-17-26(24)35(45)50/h12-14,16-17,23,25,27-28,30,32,35,50H,2,11,15,18-22H2,1,3-10H3,(H,40,49)(H,41,48)(H2,42,43,52)/t25-,27?,28-,30+,32-,35?/m1/s1. The number of ketones is 1. The van der Waals surface area contributed by atoms with Crippen LogP contribution < -0.4 is 21.3 Å². The number of likely N-dealkylation sites (tertiary alicyclic amines) is 1. The fourth-order valence-corrected chi connectivity index (χ4v) is 6.92. The molecule has 1 aromatic rings. The van der Waals surface area contributed by atoms with E-state index in [1.165, 1.54) is 15.9 Å².